The van der Waals surface area contributed by atoms with E-state index in [0.29, 0.717) is 0 Å². The van der Waals surface area contributed by atoms with Crippen LogP contribution < -0.4 is 5.01 Å². The molecule has 3 aromatic rings. The summed E-state index contributed by atoms with van der Waals surface area (Å²) in [6, 6.07) is 25.9. The summed E-state index contributed by atoms with van der Waals surface area (Å²) in [5.41, 5.74) is 8.00. The molecule has 0 amide bonds. The molecule has 1 aliphatic rings. The lowest BCUT2D eigenvalue weighted by Gasteiger charge is -2.32. The van der Waals surface area contributed by atoms with E-state index in [0.717, 1.165) is 6.42 Å². The first-order chi connectivity index (χ1) is 11.3. The Morgan fingerprint density at radius 2 is 1.39 bits per heavy atom. The molecule has 23 heavy (non-hydrogen) atoms. The SMILES string of the molecule is CN(C)N(c1ccccc1)c1cccc2c1Cc1ccccc1-2. The van der Waals surface area contributed by atoms with E-state index in [9.17, 15) is 0 Å². The largest absolute Gasteiger partial charge is 0.275 e. The maximum atomic E-state index is 2.28. The highest BCUT2D eigenvalue weighted by atomic mass is 15.6. The van der Waals surface area contributed by atoms with Gasteiger partial charge in [-0.1, -0.05) is 54.6 Å². The Kier molecular flexibility index (Phi) is 3.40. The molecule has 0 heterocycles. The van der Waals surface area contributed by atoms with Gasteiger partial charge in [-0.15, -0.1) is 0 Å². The van der Waals surface area contributed by atoms with Crippen LogP contribution in [0.25, 0.3) is 11.1 Å². The third-order valence-corrected chi connectivity index (χ3v) is 4.46. The van der Waals surface area contributed by atoms with Crippen molar-refractivity contribution in [2.75, 3.05) is 19.1 Å². The average molecular weight is 300 g/mol. The molecule has 0 N–H and O–H groups in total. The minimum Gasteiger partial charge on any atom is -0.275 e. The standard InChI is InChI=1S/C21H20N2/c1-22(2)23(17-10-4-3-5-11-17)21-14-8-13-19-18-12-7-6-9-16(18)15-20(19)21/h3-14H,15H2,1-2H3. The van der Waals surface area contributed by atoms with Crippen molar-refractivity contribution in [2.45, 2.75) is 6.42 Å². The predicted octanol–water partition coefficient (Wildman–Crippen LogP) is 4.87. The summed E-state index contributed by atoms with van der Waals surface area (Å²) >= 11 is 0. The van der Waals surface area contributed by atoms with Crippen LogP contribution in [0.3, 0.4) is 0 Å². The summed E-state index contributed by atoms with van der Waals surface area (Å²) in [6.07, 6.45) is 0.999. The van der Waals surface area contributed by atoms with Crippen LogP contribution in [-0.2, 0) is 6.42 Å². The lowest BCUT2D eigenvalue weighted by molar-refractivity contribution is 0.417. The first-order valence-electron chi connectivity index (χ1n) is 7.98. The van der Waals surface area contributed by atoms with Gasteiger partial charge in [-0.05, 0) is 40.5 Å². The van der Waals surface area contributed by atoms with Crippen LogP contribution in [-0.4, -0.2) is 19.1 Å². The van der Waals surface area contributed by atoms with E-state index in [1.54, 1.807) is 0 Å². The predicted molar refractivity (Wildman–Crippen MR) is 97.0 cm³/mol. The molecule has 0 saturated carbocycles. The van der Waals surface area contributed by atoms with Gasteiger partial charge >= 0.3 is 0 Å². The molecule has 4 rings (SSSR count). The van der Waals surface area contributed by atoms with Crippen molar-refractivity contribution in [3.63, 3.8) is 0 Å². The highest BCUT2D eigenvalue weighted by Gasteiger charge is 2.24. The molecule has 1 aliphatic carbocycles. The van der Waals surface area contributed by atoms with E-state index in [4.69, 9.17) is 0 Å². The molecule has 2 heteroatoms. The third-order valence-electron chi connectivity index (χ3n) is 4.46. The monoisotopic (exact) mass is 300 g/mol. The molecular formula is C21H20N2. The van der Waals surface area contributed by atoms with Crippen molar-refractivity contribution in [1.82, 2.24) is 5.01 Å². The first kappa shape index (κ1) is 14.0. The second kappa shape index (κ2) is 5.56. The van der Waals surface area contributed by atoms with Gasteiger partial charge in [0.1, 0.15) is 0 Å². The van der Waals surface area contributed by atoms with Crippen LogP contribution in [0.5, 0.6) is 0 Å². The van der Waals surface area contributed by atoms with Gasteiger partial charge in [0.2, 0.25) is 0 Å². The van der Waals surface area contributed by atoms with Crippen molar-refractivity contribution in [2.24, 2.45) is 0 Å². The highest BCUT2D eigenvalue weighted by molar-refractivity contribution is 5.83. The molecule has 0 bridgehead atoms. The number of hydrogen-bond donors (Lipinski definition) is 0. The molecule has 0 fully saturated rings. The molecule has 114 valence electrons. The Morgan fingerprint density at radius 3 is 2.17 bits per heavy atom. The van der Waals surface area contributed by atoms with Gasteiger partial charge in [-0.25, -0.2) is 5.01 Å². The quantitative estimate of drug-likeness (QED) is 0.498. The average Bonchev–Trinajstić information content (AvgIpc) is 2.95. The lowest BCUT2D eigenvalue weighted by Crippen LogP contribution is -2.33. The topological polar surface area (TPSA) is 6.48 Å². The summed E-state index contributed by atoms with van der Waals surface area (Å²) in [5, 5.41) is 4.43. The van der Waals surface area contributed by atoms with Crippen LogP contribution >= 0.6 is 0 Å². The van der Waals surface area contributed by atoms with Crippen molar-refractivity contribution >= 4 is 11.4 Å². The van der Waals surface area contributed by atoms with E-state index >= 15 is 0 Å². The number of benzene rings is 3. The van der Waals surface area contributed by atoms with Crippen molar-refractivity contribution < 1.29 is 0 Å². The molecule has 2 nitrogen and oxygen atoms in total. The van der Waals surface area contributed by atoms with Gasteiger partial charge < -0.3 is 0 Å². The highest BCUT2D eigenvalue weighted by Crippen LogP contribution is 2.42. The number of nitrogens with zero attached hydrogens (tertiary/aromatic N) is 2. The summed E-state index contributed by atoms with van der Waals surface area (Å²) in [5.74, 6) is 0. The number of hydrazine groups is 1. The van der Waals surface area contributed by atoms with Gasteiger partial charge in [-0.2, -0.15) is 0 Å². The summed E-state index contributed by atoms with van der Waals surface area (Å²) in [7, 11) is 4.18. The molecule has 0 spiro atoms. The maximum Gasteiger partial charge on any atom is 0.0621 e. The fraction of sp³-hybridized carbons (Fsp3) is 0.143. The van der Waals surface area contributed by atoms with E-state index in [1.807, 2.05) is 0 Å². The third kappa shape index (κ3) is 2.32. The molecule has 3 aromatic carbocycles. The Bertz CT molecular complexity index is 837. The zero-order chi connectivity index (χ0) is 15.8. The Morgan fingerprint density at radius 1 is 0.696 bits per heavy atom. The van der Waals surface area contributed by atoms with Crippen LogP contribution in [0.1, 0.15) is 11.1 Å². The van der Waals surface area contributed by atoms with Gasteiger partial charge in [0.15, 0.2) is 0 Å². The summed E-state index contributed by atoms with van der Waals surface area (Å²) in [4.78, 5) is 0. The Labute approximate surface area is 137 Å². The second-order valence-corrected chi connectivity index (χ2v) is 6.13. The number of para-hydroxylation sites is 1. The molecule has 0 aromatic heterocycles. The van der Waals surface area contributed by atoms with E-state index < -0.39 is 0 Å². The zero-order valence-corrected chi connectivity index (χ0v) is 13.5. The van der Waals surface area contributed by atoms with Crippen LogP contribution in [0.15, 0.2) is 72.8 Å². The molecular weight excluding hydrogens is 280 g/mol. The second-order valence-electron chi connectivity index (χ2n) is 6.13. The van der Waals surface area contributed by atoms with Crippen LogP contribution in [0, 0.1) is 0 Å². The maximum absolute atomic E-state index is 2.28. The smallest absolute Gasteiger partial charge is 0.0621 e. The number of fused-ring (bicyclic) bond motifs is 3. The van der Waals surface area contributed by atoms with Crippen LogP contribution in [0.2, 0.25) is 0 Å². The van der Waals surface area contributed by atoms with E-state index in [1.165, 1.54) is 33.6 Å². The fourth-order valence-electron chi connectivity index (χ4n) is 3.49. The van der Waals surface area contributed by atoms with E-state index in [-0.39, 0.29) is 0 Å². The Hall–Kier alpha value is -2.58. The van der Waals surface area contributed by atoms with E-state index in [2.05, 4.69) is 96.9 Å². The van der Waals surface area contributed by atoms with Crippen molar-refractivity contribution in [1.29, 1.82) is 0 Å². The number of anilines is 2. The van der Waals surface area contributed by atoms with Gasteiger partial charge in [0.05, 0.1) is 11.4 Å². The van der Waals surface area contributed by atoms with Gasteiger partial charge in [0.25, 0.3) is 0 Å². The number of hydrogen-bond acceptors (Lipinski definition) is 2. The minimum absolute atomic E-state index is 0.999. The van der Waals surface area contributed by atoms with Gasteiger partial charge in [-0.3, -0.25) is 5.01 Å². The molecule has 0 atom stereocenters. The normalized spacial score (nSPS) is 12.1. The van der Waals surface area contributed by atoms with Crippen LogP contribution in [0.4, 0.5) is 11.4 Å². The zero-order valence-electron chi connectivity index (χ0n) is 13.5. The van der Waals surface area contributed by atoms with Gasteiger partial charge in [0, 0.05) is 20.5 Å². The lowest BCUT2D eigenvalue weighted by atomic mass is 10.0. The minimum atomic E-state index is 0.999. The molecule has 0 unspecified atom stereocenters. The number of rotatable bonds is 3. The fourth-order valence-corrected chi connectivity index (χ4v) is 3.49. The Balaban J connectivity index is 1.87. The molecule has 0 aliphatic heterocycles. The van der Waals surface area contributed by atoms with Crippen molar-refractivity contribution in [3.8, 4) is 11.1 Å². The first-order valence-corrected chi connectivity index (χ1v) is 7.98. The summed E-state index contributed by atoms with van der Waals surface area (Å²) < 4.78 is 0. The molecule has 0 radical (unpaired) electrons. The molecule has 0 saturated heterocycles. The van der Waals surface area contributed by atoms with Crippen molar-refractivity contribution in [3.05, 3.63) is 83.9 Å². The summed E-state index contributed by atoms with van der Waals surface area (Å²) in [6.45, 7) is 0.